The summed E-state index contributed by atoms with van der Waals surface area (Å²) in [5.74, 6) is -18.0. The van der Waals surface area contributed by atoms with Crippen LogP contribution in [0.2, 0.25) is 0 Å². The number of hydrogen-bond donors (Lipinski definition) is 0. The van der Waals surface area contributed by atoms with Gasteiger partial charge in [-0.3, -0.25) is 0 Å². The van der Waals surface area contributed by atoms with Crippen LogP contribution in [0.4, 0.5) is 79.0 Å². The van der Waals surface area contributed by atoms with Crippen molar-refractivity contribution >= 4 is 33.8 Å². The third-order valence-corrected chi connectivity index (χ3v) is 12.1. The van der Waals surface area contributed by atoms with Crippen molar-refractivity contribution in [3.63, 3.8) is 0 Å². The molecule has 4 aromatic carbocycles. The monoisotopic (exact) mass is 916 g/mol. The van der Waals surface area contributed by atoms with Crippen LogP contribution < -0.4 is 0 Å². The fourth-order valence-electron chi connectivity index (χ4n) is 6.57. The Labute approximate surface area is 339 Å². The zero-order valence-electron chi connectivity index (χ0n) is 29.5. The van der Waals surface area contributed by atoms with Gasteiger partial charge in [-0.1, -0.05) is 48.5 Å². The Kier molecular flexibility index (Phi) is 10.4. The van der Waals surface area contributed by atoms with Crippen LogP contribution in [0.25, 0.3) is 52.9 Å². The maximum absolute atomic E-state index is 16.4. The maximum Gasteiger partial charge on any atom is 0.416 e. The Morgan fingerprint density at radius 1 is 0.328 bits per heavy atom. The quantitative estimate of drug-likeness (QED) is 0.146. The zero-order chi connectivity index (χ0) is 44.9. The van der Waals surface area contributed by atoms with Gasteiger partial charge in [0, 0.05) is 41.8 Å². The molecular formula is C41H18F18S2. The number of alkyl halides is 18. The summed E-state index contributed by atoms with van der Waals surface area (Å²) >= 11 is 0.743. The zero-order valence-corrected chi connectivity index (χ0v) is 31.1. The topological polar surface area (TPSA) is 0 Å². The van der Waals surface area contributed by atoms with E-state index >= 15 is 26.3 Å². The van der Waals surface area contributed by atoms with Gasteiger partial charge in [-0.25, -0.2) is 0 Å². The third kappa shape index (κ3) is 7.69. The predicted molar refractivity (Wildman–Crippen MR) is 192 cm³/mol. The van der Waals surface area contributed by atoms with Gasteiger partial charge in [0.1, 0.15) is 0 Å². The number of thiophene rings is 2. The summed E-state index contributed by atoms with van der Waals surface area (Å²) in [4.78, 5) is -1.81. The highest BCUT2D eigenvalue weighted by Gasteiger charge is 2.80. The van der Waals surface area contributed by atoms with Crippen molar-refractivity contribution in [2.45, 2.75) is 42.5 Å². The summed E-state index contributed by atoms with van der Waals surface area (Å²) in [6, 6.07) is 11.7. The van der Waals surface area contributed by atoms with Gasteiger partial charge in [0.2, 0.25) is 0 Å². The number of benzene rings is 4. The number of rotatable bonds is 6. The molecular weight excluding hydrogens is 899 g/mol. The summed E-state index contributed by atoms with van der Waals surface area (Å²) in [6.07, 6.45) is -19.6. The minimum atomic E-state index is -6.29. The van der Waals surface area contributed by atoms with E-state index in [0.29, 0.717) is 83.3 Å². The van der Waals surface area contributed by atoms with Crippen molar-refractivity contribution in [3.05, 3.63) is 143 Å². The lowest BCUT2D eigenvalue weighted by molar-refractivity contribution is -0.254. The van der Waals surface area contributed by atoms with Gasteiger partial charge in [-0.2, -0.15) is 79.0 Å². The van der Waals surface area contributed by atoms with Gasteiger partial charge in [0.05, 0.1) is 22.3 Å². The van der Waals surface area contributed by atoms with Gasteiger partial charge in [-0.15, -0.1) is 22.7 Å². The third-order valence-electron chi connectivity index (χ3n) is 9.61. The molecule has 0 saturated carbocycles. The highest BCUT2D eigenvalue weighted by molar-refractivity contribution is 7.19. The molecule has 0 saturated heterocycles. The van der Waals surface area contributed by atoms with E-state index in [9.17, 15) is 52.7 Å². The van der Waals surface area contributed by atoms with Crippen LogP contribution >= 0.6 is 22.7 Å². The van der Waals surface area contributed by atoms with Gasteiger partial charge >= 0.3 is 42.5 Å². The molecule has 0 N–H and O–H groups in total. The summed E-state index contributed by atoms with van der Waals surface area (Å²) in [7, 11) is 0. The molecule has 0 bridgehead atoms. The van der Waals surface area contributed by atoms with Crippen molar-refractivity contribution in [2.24, 2.45) is 0 Å². The van der Waals surface area contributed by atoms with Crippen LogP contribution in [-0.4, -0.2) is 17.8 Å². The minimum Gasteiger partial charge on any atom is -0.194 e. The summed E-state index contributed by atoms with van der Waals surface area (Å²) in [5, 5.41) is 0. The molecule has 0 nitrogen and oxygen atoms in total. The van der Waals surface area contributed by atoms with Crippen molar-refractivity contribution in [3.8, 4) is 41.8 Å². The first kappa shape index (κ1) is 43.8. The van der Waals surface area contributed by atoms with E-state index < -0.39 is 108 Å². The van der Waals surface area contributed by atoms with Gasteiger partial charge in [0.15, 0.2) is 0 Å². The Balaban J connectivity index is 1.55. The van der Waals surface area contributed by atoms with Crippen LogP contribution in [0.15, 0.2) is 109 Å². The van der Waals surface area contributed by atoms with Gasteiger partial charge in [-0.05, 0) is 82.9 Å². The molecule has 7 rings (SSSR count). The first-order valence-electron chi connectivity index (χ1n) is 16.9. The molecule has 0 fully saturated rings. The van der Waals surface area contributed by atoms with Crippen molar-refractivity contribution in [2.75, 3.05) is 0 Å². The second kappa shape index (κ2) is 14.4. The van der Waals surface area contributed by atoms with Crippen LogP contribution in [-0.2, 0) is 24.7 Å². The lowest BCUT2D eigenvalue weighted by Crippen LogP contribution is -2.48. The van der Waals surface area contributed by atoms with E-state index in [-0.39, 0.29) is 20.9 Å². The fraction of sp³-hybridized carbons (Fsp3) is 0.171. The van der Waals surface area contributed by atoms with Gasteiger partial charge in [0.25, 0.3) is 0 Å². The minimum absolute atomic E-state index is 0.190. The molecule has 2 heterocycles. The molecule has 20 heteroatoms. The SMILES string of the molecule is FC(F)(F)c1ccc(-c2cc(C3=C(c4cc(-c5ccc(C(F)(F)F)cc5)sc4-c4ccc(C(F)(F)F)cc4)C(F)(F)C(F)(F)C3(F)F)c(-c3ccc(C(F)(F)F)cc3)s2)cc1. The Bertz CT molecular complexity index is 2430. The van der Waals surface area contributed by atoms with E-state index in [1.807, 2.05) is 0 Å². The summed E-state index contributed by atoms with van der Waals surface area (Å²) in [5.41, 5.74) is -12.5. The van der Waals surface area contributed by atoms with E-state index in [0.717, 1.165) is 48.5 Å². The number of halogens is 18. The highest BCUT2D eigenvalue weighted by Crippen LogP contribution is 2.67. The second-order valence-corrected chi connectivity index (χ2v) is 15.6. The molecule has 6 aromatic rings. The Morgan fingerprint density at radius 2 is 0.557 bits per heavy atom. The van der Waals surface area contributed by atoms with E-state index in [4.69, 9.17) is 0 Å². The first-order chi connectivity index (χ1) is 28.0. The molecule has 61 heavy (non-hydrogen) atoms. The van der Waals surface area contributed by atoms with E-state index in [2.05, 4.69) is 0 Å². The smallest absolute Gasteiger partial charge is 0.194 e. The average molecular weight is 917 g/mol. The number of hydrogen-bond acceptors (Lipinski definition) is 2. The second-order valence-electron chi connectivity index (χ2n) is 13.5. The maximum atomic E-state index is 16.4. The molecule has 0 aliphatic heterocycles. The average Bonchev–Trinajstić information content (AvgIpc) is 3.83. The lowest BCUT2D eigenvalue weighted by atomic mass is 9.91. The largest absolute Gasteiger partial charge is 0.416 e. The summed E-state index contributed by atoms with van der Waals surface area (Å²) in [6.45, 7) is 0. The molecule has 320 valence electrons. The first-order valence-corrected chi connectivity index (χ1v) is 18.5. The normalized spacial score (nSPS) is 16.7. The molecule has 2 aromatic heterocycles. The fourth-order valence-corrected chi connectivity index (χ4v) is 8.92. The lowest BCUT2D eigenvalue weighted by Gasteiger charge is -2.26. The molecule has 0 atom stereocenters. The molecule has 1 aliphatic rings. The Hall–Kier alpha value is -5.24. The molecule has 1 aliphatic carbocycles. The predicted octanol–water partition coefficient (Wildman–Crippen LogP) is 16.4. The molecule has 0 amide bonds. The summed E-state index contributed by atoms with van der Waals surface area (Å²) < 4.78 is 259. The standard InChI is InChI=1S/C41H18F18S2/c42-35(43)31(27-17-29(19-1-9-23(10-2-19)37(46,47)48)60-33(27)21-5-13-25(14-6-21)39(52,53)54)32(36(44,45)41(35,58)59)28-18-30(20-3-11-24(12-4-20)38(49,50)51)61-34(28)22-7-15-26(16-8-22)40(55,56)57/h1-18H. The molecule has 0 radical (unpaired) electrons. The van der Waals surface area contributed by atoms with Gasteiger partial charge < -0.3 is 0 Å². The van der Waals surface area contributed by atoms with Crippen LogP contribution in [0.3, 0.4) is 0 Å². The molecule has 0 unspecified atom stereocenters. The Morgan fingerprint density at radius 3 is 0.787 bits per heavy atom. The van der Waals surface area contributed by atoms with E-state index in [1.165, 1.54) is 0 Å². The number of allylic oxidation sites excluding steroid dienone is 2. The van der Waals surface area contributed by atoms with Crippen molar-refractivity contribution in [1.82, 2.24) is 0 Å². The van der Waals surface area contributed by atoms with Crippen LogP contribution in [0.1, 0.15) is 33.4 Å². The van der Waals surface area contributed by atoms with Crippen molar-refractivity contribution in [1.29, 1.82) is 0 Å². The van der Waals surface area contributed by atoms with Crippen molar-refractivity contribution < 1.29 is 79.0 Å². The highest BCUT2D eigenvalue weighted by atomic mass is 32.1. The van der Waals surface area contributed by atoms with Crippen LogP contribution in [0.5, 0.6) is 0 Å². The molecule has 0 spiro atoms. The van der Waals surface area contributed by atoms with E-state index in [1.54, 1.807) is 0 Å². The van der Waals surface area contributed by atoms with Crippen LogP contribution in [0, 0.1) is 0 Å².